The minimum absolute atomic E-state index is 0.252. The second-order valence-corrected chi connectivity index (χ2v) is 3.87. The van der Waals surface area contributed by atoms with E-state index in [1.54, 1.807) is 4.90 Å². The molecule has 0 aromatic heterocycles. The highest BCUT2D eigenvalue weighted by Gasteiger charge is 2.15. The lowest BCUT2D eigenvalue weighted by Gasteiger charge is -2.15. The third kappa shape index (κ3) is 3.40. The molecule has 0 saturated heterocycles. The Bertz CT molecular complexity index is 213. The van der Waals surface area contributed by atoms with Crippen molar-refractivity contribution in [3.8, 4) is 0 Å². The molecule has 0 unspecified atom stereocenters. The van der Waals surface area contributed by atoms with E-state index < -0.39 is 0 Å². The molecule has 3 heteroatoms. The van der Waals surface area contributed by atoms with Crippen LogP contribution in [0.25, 0.3) is 0 Å². The van der Waals surface area contributed by atoms with Crippen LogP contribution in [0.5, 0.6) is 0 Å². The number of amides is 1. The van der Waals surface area contributed by atoms with E-state index in [2.05, 4.69) is 6.92 Å². The summed E-state index contributed by atoms with van der Waals surface area (Å²) in [5, 5.41) is 0. The number of hydrogen-bond acceptors (Lipinski definition) is 2. The zero-order valence-electron chi connectivity index (χ0n) is 9.20. The highest BCUT2D eigenvalue weighted by atomic mass is 16.2. The van der Waals surface area contributed by atoms with Gasteiger partial charge in [0.2, 0.25) is 5.91 Å². The molecule has 0 atom stereocenters. The lowest BCUT2D eigenvalue weighted by atomic mass is 10.1. The molecule has 0 fully saturated rings. The van der Waals surface area contributed by atoms with Crippen LogP contribution in [-0.2, 0) is 4.79 Å². The van der Waals surface area contributed by atoms with Crippen LogP contribution in [0.15, 0.2) is 12.4 Å². The van der Waals surface area contributed by atoms with Crippen LogP contribution in [0.3, 0.4) is 0 Å². The Morgan fingerprint density at radius 2 is 2.07 bits per heavy atom. The first-order valence-corrected chi connectivity index (χ1v) is 5.42. The maximum Gasteiger partial charge on any atom is 0.228 e. The van der Waals surface area contributed by atoms with Crippen LogP contribution >= 0.6 is 0 Å². The smallest absolute Gasteiger partial charge is 0.228 e. The summed E-state index contributed by atoms with van der Waals surface area (Å²) in [6.07, 6.45) is 9.16. The molecule has 1 heterocycles. The Morgan fingerprint density at radius 1 is 1.29 bits per heavy atom. The largest absolute Gasteiger partial charge is 0.361 e. The third-order valence-electron chi connectivity index (χ3n) is 2.44. The molecule has 0 aliphatic carbocycles. The maximum atomic E-state index is 11.6. The fourth-order valence-electron chi connectivity index (χ4n) is 1.54. The molecule has 14 heavy (non-hydrogen) atoms. The summed E-state index contributed by atoms with van der Waals surface area (Å²) in [5.41, 5.74) is 0. The quantitative estimate of drug-likeness (QED) is 0.629. The van der Waals surface area contributed by atoms with Crippen LogP contribution in [0.2, 0.25) is 0 Å². The van der Waals surface area contributed by atoms with Gasteiger partial charge in [0.25, 0.3) is 0 Å². The zero-order chi connectivity index (χ0) is 10.4. The van der Waals surface area contributed by atoms with E-state index in [9.17, 15) is 4.79 Å². The minimum atomic E-state index is 0.252. The van der Waals surface area contributed by atoms with Crippen molar-refractivity contribution in [2.75, 3.05) is 13.7 Å². The molecule has 3 nitrogen and oxygen atoms in total. The van der Waals surface area contributed by atoms with E-state index in [1.165, 1.54) is 19.3 Å². The number of rotatable bonds is 5. The standard InChI is InChI=1S/C11H20N2O/c1-3-4-5-6-7-11(14)13-9-8-12(2)10-13/h8-9H,3-7,10H2,1-2H3. The topological polar surface area (TPSA) is 23.6 Å². The van der Waals surface area contributed by atoms with Crippen molar-refractivity contribution in [1.29, 1.82) is 0 Å². The zero-order valence-corrected chi connectivity index (χ0v) is 9.20. The number of hydrogen-bond donors (Lipinski definition) is 0. The lowest BCUT2D eigenvalue weighted by Crippen LogP contribution is -2.28. The molecule has 0 aromatic rings. The third-order valence-corrected chi connectivity index (χ3v) is 2.44. The number of carbonyl (C=O) groups excluding carboxylic acids is 1. The average Bonchev–Trinajstić information content (AvgIpc) is 2.59. The number of nitrogens with zero attached hydrogens (tertiary/aromatic N) is 2. The van der Waals surface area contributed by atoms with Gasteiger partial charge in [-0.2, -0.15) is 0 Å². The molecule has 0 aromatic carbocycles. The Balaban J connectivity index is 2.13. The van der Waals surface area contributed by atoms with Gasteiger partial charge in [-0.15, -0.1) is 0 Å². The maximum absolute atomic E-state index is 11.6. The van der Waals surface area contributed by atoms with E-state index in [-0.39, 0.29) is 5.91 Å². The predicted octanol–water partition coefficient (Wildman–Crippen LogP) is 2.16. The number of unbranched alkanes of at least 4 members (excludes halogenated alkanes) is 3. The van der Waals surface area contributed by atoms with Crippen molar-refractivity contribution in [2.24, 2.45) is 0 Å². The van der Waals surface area contributed by atoms with Crippen molar-refractivity contribution in [3.63, 3.8) is 0 Å². The Hall–Kier alpha value is -0.990. The van der Waals surface area contributed by atoms with Gasteiger partial charge in [0, 0.05) is 25.9 Å². The highest BCUT2D eigenvalue weighted by molar-refractivity contribution is 5.77. The normalized spacial score (nSPS) is 15.3. The Labute approximate surface area is 86.4 Å². The molecule has 0 spiro atoms. The summed E-state index contributed by atoms with van der Waals surface area (Å²) in [5.74, 6) is 0.252. The summed E-state index contributed by atoms with van der Waals surface area (Å²) in [7, 11) is 1.97. The van der Waals surface area contributed by atoms with Gasteiger partial charge in [0.1, 0.15) is 0 Å². The first-order valence-electron chi connectivity index (χ1n) is 5.42. The second kappa shape index (κ2) is 5.68. The first kappa shape index (κ1) is 11.1. The molecule has 1 aliphatic heterocycles. The molecule has 0 saturated carbocycles. The summed E-state index contributed by atoms with van der Waals surface area (Å²) in [6, 6.07) is 0. The average molecular weight is 196 g/mol. The molecular formula is C11H20N2O. The predicted molar refractivity (Wildman–Crippen MR) is 57.4 cm³/mol. The molecule has 1 amide bonds. The van der Waals surface area contributed by atoms with Crippen molar-refractivity contribution in [3.05, 3.63) is 12.4 Å². The van der Waals surface area contributed by atoms with Crippen LogP contribution in [0.1, 0.15) is 39.0 Å². The van der Waals surface area contributed by atoms with Crippen LogP contribution in [-0.4, -0.2) is 29.4 Å². The second-order valence-electron chi connectivity index (χ2n) is 3.87. The monoisotopic (exact) mass is 196 g/mol. The van der Waals surface area contributed by atoms with Crippen molar-refractivity contribution >= 4 is 5.91 Å². The van der Waals surface area contributed by atoms with Gasteiger partial charge in [-0.05, 0) is 6.42 Å². The summed E-state index contributed by atoms with van der Waals surface area (Å²) in [4.78, 5) is 15.4. The van der Waals surface area contributed by atoms with Gasteiger partial charge in [-0.3, -0.25) is 9.69 Å². The molecule has 0 bridgehead atoms. The van der Waals surface area contributed by atoms with Gasteiger partial charge in [0.05, 0.1) is 6.67 Å². The van der Waals surface area contributed by atoms with Crippen LogP contribution in [0, 0.1) is 0 Å². The van der Waals surface area contributed by atoms with E-state index in [0.717, 1.165) is 6.42 Å². The SMILES string of the molecule is CCCCCCC(=O)N1C=CN(C)C1. The van der Waals surface area contributed by atoms with E-state index >= 15 is 0 Å². The first-order chi connectivity index (χ1) is 6.74. The van der Waals surface area contributed by atoms with Gasteiger partial charge >= 0.3 is 0 Å². The fraction of sp³-hybridized carbons (Fsp3) is 0.727. The number of carbonyl (C=O) groups is 1. The molecule has 1 aliphatic rings. The molecular weight excluding hydrogens is 176 g/mol. The van der Waals surface area contributed by atoms with Gasteiger partial charge in [-0.25, -0.2) is 0 Å². The molecule has 0 N–H and O–H groups in total. The summed E-state index contributed by atoms with van der Waals surface area (Å²) >= 11 is 0. The molecule has 0 radical (unpaired) electrons. The van der Waals surface area contributed by atoms with Crippen molar-refractivity contribution in [2.45, 2.75) is 39.0 Å². The Kier molecular flexibility index (Phi) is 4.50. The fourth-order valence-corrected chi connectivity index (χ4v) is 1.54. The van der Waals surface area contributed by atoms with Gasteiger partial charge in [-0.1, -0.05) is 26.2 Å². The Morgan fingerprint density at radius 3 is 2.64 bits per heavy atom. The van der Waals surface area contributed by atoms with E-state index in [1.807, 2.05) is 24.3 Å². The highest BCUT2D eigenvalue weighted by Crippen LogP contribution is 2.09. The van der Waals surface area contributed by atoms with Crippen molar-refractivity contribution < 1.29 is 4.79 Å². The minimum Gasteiger partial charge on any atom is -0.361 e. The van der Waals surface area contributed by atoms with Gasteiger partial charge in [0.15, 0.2) is 0 Å². The van der Waals surface area contributed by atoms with E-state index in [0.29, 0.717) is 13.1 Å². The summed E-state index contributed by atoms with van der Waals surface area (Å²) in [6.45, 7) is 2.90. The van der Waals surface area contributed by atoms with Crippen LogP contribution in [0.4, 0.5) is 0 Å². The van der Waals surface area contributed by atoms with Gasteiger partial charge < -0.3 is 4.90 Å². The van der Waals surface area contributed by atoms with Crippen molar-refractivity contribution in [1.82, 2.24) is 9.80 Å². The lowest BCUT2D eigenvalue weighted by molar-refractivity contribution is -0.129. The van der Waals surface area contributed by atoms with Crippen LogP contribution < -0.4 is 0 Å². The summed E-state index contributed by atoms with van der Waals surface area (Å²) < 4.78 is 0. The van der Waals surface area contributed by atoms with E-state index in [4.69, 9.17) is 0 Å². The molecule has 1 rings (SSSR count). The molecule has 80 valence electrons.